The third kappa shape index (κ3) is 3.94. The van der Waals surface area contributed by atoms with Gasteiger partial charge in [-0.25, -0.2) is 8.42 Å². The van der Waals surface area contributed by atoms with Crippen LogP contribution in [0.15, 0.2) is 47.4 Å². The highest BCUT2D eigenvalue weighted by atomic mass is 32.2. The van der Waals surface area contributed by atoms with E-state index in [-0.39, 0.29) is 27.5 Å². The van der Waals surface area contributed by atoms with Gasteiger partial charge in [0.1, 0.15) is 0 Å². The topological polar surface area (TPSA) is 63.2 Å². The number of benzene rings is 2. The highest BCUT2D eigenvalue weighted by Gasteiger charge is 2.32. The Balaban J connectivity index is 2.40. The average molecular weight is 357 g/mol. The maximum absolute atomic E-state index is 12.9. The summed E-state index contributed by atoms with van der Waals surface area (Å²) in [7, 11) is -4.11. The summed E-state index contributed by atoms with van der Waals surface area (Å²) >= 11 is 0. The van der Waals surface area contributed by atoms with Gasteiger partial charge >= 0.3 is 6.18 Å². The fraction of sp³-hybridized carbons (Fsp3) is 0.188. The second kappa shape index (κ2) is 6.27. The number of aryl methyl sites for hydroxylation is 1. The molecule has 0 spiro atoms. The van der Waals surface area contributed by atoms with Crippen LogP contribution in [-0.2, 0) is 16.2 Å². The van der Waals surface area contributed by atoms with Crippen LogP contribution in [0.25, 0.3) is 0 Å². The van der Waals surface area contributed by atoms with Crippen molar-refractivity contribution in [3.8, 4) is 0 Å². The van der Waals surface area contributed by atoms with E-state index in [1.807, 2.05) is 0 Å². The van der Waals surface area contributed by atoms with Crippen LogP contribution in [0.1, 0.15) is 28.4 Å². The van der Waals surface area contributed by atoms with Gasteiger partial charge in [-0.15, -0.1) is 0 Å². The molecule has 0 aliphatic carbocycles. The zero-order valence-electron chi connectivity index (χ0n) is 12.8. The fourth-order valence-electron chi connectivity index (χ4n) is 2.09. The lowest BCUT2D eigenvalue weighted by molar-refractivity contribution is -0.138. The summed E-state index contributed by atoms with van der Waals surface area (Å²) in [6, 6.07) is 8.44. The van der Waals surface area contributed by atoms with E-state index in [0.29, 0.717) is 0 Å². The lowest BCUT2D eigenvalue weighted by Crippen LogP contribution is -2.15. The summed E-state index contributed by atoms with van der Waals surface area (Å²) in [5, 5.41) is 0. The predicted molar refractivity (Wildman–Crippen MR) is 83.4 cm³/mol. The second-order valence-electron chi connectivity index (χ2n) is 5.22. The van der Waals surface area contributed by atoms with Crippen molar-refractivity contribution in [1.29, 1.82) is 0 Å². The maximum Gasteiger partial charge on any atom is 0.416 e. The van der Waals surface area contributed by atoms with E-state index in [1.54, 1.807) is 0 Å². The number of halogens is 3. The molecule has 0 unspecified atom stereocenters. The maximum atomic E-state index is 12.9. The number of carbonyl (C=O) groups is 1. The van der Waals surface area contributed by atoms with Crippen LogP contribution in [0.3, 0.4) is 0 Å². The molecule has 2 rings (SSSR count). The Bertz CT molecular complexity index is 890. The van der Waals surface area contributed by atoms with Crippen LogP contribution in [0, 0.1) is 6.92 Å². The Labute approximate surface area is 137 Å². The number of sulfonamides is 1. The molecule has 1 N–H and O–H groups in total. The van der Waals surface area contributed by atoms with Crippen molar-refractivity contribution in [3.05, 3.63) is 59.2 Å². The highest BCUT2D eigenvalue weighted by Crippen LogP contribution is 2.33. The smallest absolute Gasteiger partial charge is 0.295 e. The van der Waals surface area contributed by atoms with Gasteiger partial charge in [-0.3, -0.25) is 9.52 Å². The Morgan fingerprint density at radius 1 is 1.08 bits per heavy atom. The first-order chi connectivity index (χ1) is 11.0. The van der Waals surface area contributed by atoms with Crippen molar-refractivity contribution in [3.63, 3.8) is 0 Å². The molecule has 0 amide bonds. The number of Topliss-reactive ketones (excluding diaryl/α,β-unsaturated/α-hetero) is 1. The Kier molecular flexibility index (Phi) is 4.70. The Morgan fingerprint density at radius 2 is 1.75 bits per heavy atom. The molecule has 128 valence electrons. The molecule has 0 saturated carbocycles. The molecule has 0 saturated heterocycles. The third-order valence-corrected chi connectivity index (χ3v) is 4.73. The zero-order valence-corrected chi connectivity index (χ0v) is 13.6. The van der Waals surface area contributed by atoms with Crippen LogP contribution in [0.4, 0.5) is 18.9 Å². The minimum absolute atomic E-state index is 0.0102. The zero-order chi connectivity index (χ0) is 18.1. The van der Waals surface area contributed by atoms with E-state index in [4.69, 9.17) is 0 Å². The summed E-state index contributed by atoms with van der Waals surface area (Å²) in [5.74, 6) is -0.318. The van der Waals surface area contributed by atoms with Gasteiger partial charge < -0.3 is 0 Å². The summed E-state index contributed by atoms with van der Waals surface area (Å²) < 4.78 is 65.5. The van der Waals surface area contributed by atoms with Crippen molar-refractivity contribution in [2.75, 3.05) is 4.72 Å². The molecule has 0 heterocycles. The fourth-order valence-corrected chi connectivity index (χ4v) is 3.18. The quantitative estimate of drug-likeness (QED) is 0.841. The minimum Gasteiger partial charge on any atom is -0.295 e. The van der Waals surface area contributed by atoms with E-state index in [2.05, 4.69) is 4.72 Å². The van der Waals surface area contributed by atoms with Crippen LogP contribution >= 0.6 is 0 Å². The first kappa shape index (κ1) is 18.0. The van der Waals surface area contributed by atoms with Gasteiger partial charge in [0.15, 0.2) is 5.78 Å². The van der Waals surface area contributed by atoms with E-state index in [9.17, 15) is 26.4 Å². The summed E-state index contributed by atoms with van der Waals surface area (Å²) in [5.41, 5.74) is -0.942. The standard InChI is InChI=1S/C16H14F3NO3S/c1-10-6-7-13(9-15(10)16(17,18)19)20-24(22,23)14-5-3-4-12(8-14)11(2)21/h3-9,20H,1-2H3. The molecular formula is C16H14F3NO3S. The minimum atomic E-state index is -4.58. The van der Waals surface area contributed by atoms with Crippen LogP contribution < -0.4 is 4.72 Å². The largest absolute Gasteiger partial charge is 0.416 e. The Hall–Kier alpha value is -2.35. The number of ketones is 1. The van der Waals surface area contributed by atoms with Gasteiger partial charge in [0, 0.05) is 11.3 Å². The van der Waals surface area contributed by atoms with Gasteiger partial charge in [0.2, 0.25) is 0 Å². The van der Waals surface area contributed by atoms with Gasteiger partial charge in [0.05, 0.1) is 10.5 Å². The van der Waals surface area contributed by atoms with Gasteiger partial charge in [-0.05, 0) is 43.7 Å². The van der Waals surface area contributed by atoms with Gasteiger partial charge in [-0.2, -0.15) is 13.2 Å². The normalized spacial score (nSPS) is 12.0. The first-order valence-electron chi connectivity index (χ1n) is 6.82. The number of carbonyl (C=O) groups excluding carboxylic acids is 1. The van der Waals surface area contributed by atoms with Crippen molar-refractivity contribution in [2.24, 2.45) is 0 Å². The van der Waals surface area contributed by atoms with Gasteiger partial charge in [0.25, 0.3) is 10.0 Å². The van der Waals surface area contributed by atoms with Crippen molar-refractivity contribution >= 4 is 21.5 Å². The number of rotatable bonds is 4. The van der Waals surface area contributed by atoms with E-state index >= 15 is 0 Å². The lowest BCUT2D eigenvalue weighted by Gasteiger charge is -2.14. The number of hydrogen-bond donors (Lipinski definition) is 1. The molecule has 0 atom stereocenters. The predicted octanol–water partition coefficient (Wildman–Crippen LogP) is 4.02. The molecule has 0 aliphatic heterocycles. The number of anilines is 1. The van der Waals surface area contributed by atoms with Crippen molar-refractivity contribution < 1.29 is 26.4 Å². The molecule has 2 aromatic carbocycles. The summed E-state index contributed by atoms with van der Waals surface area (Å²) in [6.45, 7) is 2.58. The molecule has 24 heavy (non-hydrogen) atoms. The number of nitrogens with one attached hydrogen (secondary N) is 1. The first-order valence-corrected chi connectivity index (χ1v) is 8.31. The molecule has 0 bridgehead atoms. The highest BCUT2D eigenvalue weighted by molar-refractivity contribution is 7.92. The third-order valence-electron chi connectivity index (χ3n) is 3.35. The van der Waals surface area contributed by atoms with Crippen LogP contribution in [0.2, 0.25) is 0 Å². The second-order valence-corrected chi connectivity index (χ2v) is 6.90. The average Bonchev–Trinajstić information content (AvgIpc) is 2.48. The molecule has 0 aromatic heterocycles. The number of alkyl halides is 3. The monoisotopic (exact) mass is 357 g/mol. The van der Waals surface area contributed by atoms with Crippen molar-refractivity contribution in [2.45, 2.75) is 24.9 Å². The molecule has 0 aliphatic rings. The Morgan fingerprint density at radius 3 is 2.33 bits per heavy atom. The molecule has 4 nitrogen and oxygen atoms in total. The molecular weight excluding hydrogens is 343 g/mol. The molecule has 8 heteroatoms. The van der Waals surface area contributed by atoms with Gasteiger partial charge in [-0.1, -0.05) is 18.2 Å². The van der Waals surface area contributed by atoms with Crippen LogP contribution in [0.5, 0.6) is 0 Å². The molecule has 0 radical (unpaired) electrons. The summed E-state index contributed by atoms with van der Waals surface area (Å²) in [4.78, 5) is 11.1. The van der Waals surface area contributed by atoms with E-state index in [1.165, 1.54) is 50.2 Å². The summed E-state index contributed by atoms with van der Waals surface area (Å²) in [6.07, 6.45) is -4.58. The van der Waals surface area contributed by atoms with E-state index in [0.717, 1.165) is 6.07 Å². The lowest BCUT2D eigenvalue weighted by atomic mass is 10.1. The molecule has 0 fully saturated rings. The molecule has 2 aromatic rings. The van der Waals surface area contributed by atoms with E-state index < -0.39 is 21.8 Å². The number of hydrogen-bond acceptors (Lipinski definition) is 3. The SMILES string of the molecule is CC(=O)c1cccc(S(=O)(=O)Nc2ccc(C)c(C(F)(F)F)c2)c1. The van der Waals surface area contributed by atoms with Crippen LogP contribution in [-0.4, -0.2) is 14.2 Å². The van der Waals surface area contributed by atoms with Crippen molar-refractivity contribution in [1.82, 2.24) is 0 Å².